The molecular weight excluding hydrogens is 483 g/mol. The number of hydrogen-bond acceptors (Lipinski definition) is 9. The van der Waals surface area contributed by atoms with Gasteiger partial charge in [-0.25, -0.2) is 0 Å². The zero-order valence-electron chi connectivity index (χ0n) is 15.9. The summed E-state index contributed by atoms with van der Waals surface area (Å²) >= 11 is -0.307. The monoisotopic (exact) mass is 503 g/mol. The minimum atomic E-state index is -0.307. The molecule has 2 aliphatic heterocycles. The number of fused-ring (bicyclic) bond motifs is 1. The topological polar surface area (TPSA) is 106 Å². The number of nitrogens with two attached hydrogens (primary N) is 1. The summed E-state index contributed by atoms with van der Waals surface area (Å²) in [6.07, 6.45) is 6.24. The van der Waals surface area contributed by atoms with Crippen LogP contribution in [0.4, 0.5) is 23.4 Å². The number of hydrogen-bond donors (Lipinski definition) is 1. The molecule has 0 saturated carbocycles. The van der Waals surface area contributed by atoms with Crippen LogP contribution in [0.25, 0.3) is 11.3 Å². The molecule has 9 nitrogen and oxygen atoms in total. The van der Waals surface area contributed by atoms with Gasteiger partial charge < -0.3 is 0 Å². The number of pyridine rings is 1. The number of anilines is 4. The summed E-state index contributed by atoms with van der Waals surface area (Å²) in [6.45, 7) is 4.30. The third-order valence-corrected chi connectivity index (χ3v) is 7.02. The average Bonchev–Trinajstić information content (AvgIpc) is 3.19. The van der Waals surface area contributed by atoms with Crippen molar-refractivity contribution < 1.29 is 24.7 Å². The second kappa shape index (κ2) is 7.67. The fraction of sp³-hybridized carbons (Fsp3) is 0.316. The van der Waals surface area contributed by atoms with Crippen LogP contribution in [-0.4, -0.2) is 49.2 Å². The second-order valence-corrected chi connectivity index (χ2v) is 8.74. The molecule has 150 valence electrons. The van der Waals surface area contributed by atoms with Crippen LogP contribution >= 0.6 is 0 Å². The third-order valence-electron chi connectivity index (χ3n) is 5.03. The van der Waals surface area contributed by atoms with Crippen LogP contribution in [0.15, 0.2) is 30.7 Å². The Morgan fingerprint density at radius 3 is 2.76 bits per heavy atom. The number of aromatic nitrogens is 5. The van der Waals surface area contributed by atoms with E-state index < -0.39 is 0 Å². The number of nitrogen functional groups attached to an aromatic ring is 1. The number of aryl methyl sites for hydroxylation is 1. The van der Waals surface area contributed by atoms with E-state index in [9.17, 15) is 0 Å². The second-order valence-electron chi connectivity index (χ2n) is 6.81. The first-order valence-electron chi connectivity index (χ1n) is 9.34. The summed E-state index contributed by atoms with van der Waals surface area (Å²) in [7, 11) is 0. The van der Waals surface area contributed by atoms with E-state index in [0.717, 1.165) is 70.6 Å². The van der Waals surface area contributed by atoms with Gasteiger partial charge in [0.1, 0.15) is 0 Å². The molecule has 1 fully saturated rings. The molecule has 5 rings (SSSR count). The van der Waals surface area contributed by atoms with Crippen molar-refractivity contribution in [3.05, 3.63) is 42.0 Å². The summed E-state index contributed by atoms with van der Waals surface area (Å²) in [5.41, 5.74) is 10.6. The van der Waals surface area contributed by atoms with Gasteiger partial charge in [0, 0.05) is 0 Å². The predicted molar refractivity (Wildman–Crippen MR) is 105 cm³/mol. The molecule has 2 aliphatic rings. The third kappa shape index (κ3) is 3.46. The molecule has 0 amide bonds. The van der Waals surface area contributed by atoms with E-state index in [-0.39, 0.29) is 27.6 Å². The van der Waals surface area contributed by atoms with E-state index in [0.29, 0.717) is 0 Å². The SMILES string of the molecule is Cc1nc(N)ncc1-c1nc(N2CCO[I-]C2)nc2c1CCN2c1ccncc1. The van der Waals surface area contributed by atoms with Crippen LogP contribution < -0.4 is 37.2 Å². The molecule has 29 heavy (non-hydrogen) atoms. The zero-order chi connectivity index (χ0) is 19.8. The van der Waals surface area contributed by atoms with Gasteiger partial charge in [-0.15, -0.1) is 0 Å². The number of rotatable bonds is 3. The maximum atomic E-state index is 5.78. The molecule has 0 atom stereocenters. The van der Waals surface area contributed by atoms with Crippen molar-refractivity contribution in [3.63, 3.8) is 0 Å². The van der Waals surface area contributed by atoms with Gasteiger partial charge in [-0.2, -0.15) is 0 Å². The van der Waals surface area contributed by atoms with Gasteiger partial charge in [-0.3, -0.25) is 0 Å². The molecule has 3 aromatic heterocycles. The Labute approximate surface area is 179 Å². The van der Waals surface area contributed by atoms with E-state index in [1.807, 2.05) is 19.1 Å². The van der Waals surface area contributed by atoms with Crippen LogP contribution in [0.1, 0.15) is 11.3 Å². The summed E-state index contributed by atoms with van der Waals surface area (Å²) in [5.74, 6) is 1.95. The van der Waals surface area contributed by atoms with Crippen molar-refractivity contribution in [2.24, 2.45) is 0 Å². The van der Waals surface area contributed by atoms with Gasteiger partial charge in [0.2, 0.25) is 0 Å². The van der Waals surface area contributed by atoms with Gasteiger partial charge in [0.15, 0.2) is 0 Å². The average molecular weight is 503 g/mol. The van der Waals surface area contributed by atoms with E-state index in [1.54, 1.807) is 18.6 Å². The number of nitrogens with zero attached hydrogens (tertiary/aromatic N) is 7. The van der Waals surface area contributed by atoms with Crippen molar-refractivity contribution in [2.45, 2.75) is 13.3 Å². The summed E-state index contributed by atoms with van der Waals surface area (Å²) < 4.78 is 6.49. The van der Waals surface area contributed by atoms with Gasteiger partial charge in [-0.1, -0.05) is 0 Å². The molecule has 0 radical (unpaired) electrons. The Balaban J connectivity index is 1.67. The van der Waals surface area contributed by atoms with Crippen molar-refractivity contribution in [3.8, 4) is 11.3 Å². The Morgan fingerprint density at radius 1 is 1.14 bits per heavy atom. The predicted octanol–water partition coefficient (Wildman–Crippen LogP) is -1.29. The molecule has 5 heterocycles. The van der Waals surface area contributed by atoms with Crippen molar-refractivity contribution in [1.82, 2.24) is 24.9 Å². The first-order valence-corrected chi connectivity index (χ1v) is 11.8. The molecule has 0 aromatic carbocycles. The number of alkyl halides is 1. The van der Waals surface area contributed by atoms with E-state index in [4.69, 9.17) is 18.8 Å². The fourth-order valence-electron chi connectivity index (χ4n) is 3.61. The summed E-state index contributed by atoms with van der Waals surface area (Å²) in [4.78, 5) is 27.1. The first-order chi connectivity index (χ1) is 14.2. The molecule has 0 bridgehead atoms. The van der Waals surface area contributed by atoms with E-state index in [1.165, 1.54) is 0 Å². The quantitative estimate of drug-likeness (QED) is 0.266. The van der Waals surface area contributed by atoms with E-state index >= 15 is 0 Å². The fourth-order valence-corrected chi connectivity index (χ4v) is 5.29. The Hall–Kier alpha value is -2.60. The molecule has 0 spiro atoms. The van der Waals surface area contributed by atoms with Crippen LogP contribution in [0.5, 0.6) is 0 Å². The Morgan fingerprint density at radius 2 is 2.00 bits per heavy atom. The molecule has 10 heteroatoms. The van der Waals surface area contributed by atoms with Crippen molar-refractivity contribution in [1.29, 1.82) is 0 Å². The van der Waals surface area contributed by atoms with Gasteiger partial charge in [0.05, 0.1) is 0 Å². The van der Waals surface area contributed by atoms with E-state index in [2.05, 4.69) is 24.8 Å². The standard InChI is InChI=1S/C19H20IN8O/c1-12-15(10-23-18(21)24-12)16-14-4-7-28(13-2-5-22-6-3-13)17(14)26-19(25-16)27-8-9-29-20-11-27/h2-3,5-6,10H,4,7-9,11H2,1H3,(H2,21,23,24)/q-1. The summed E-state index contributed by atoms with van der Waals surface area (Å²) in [6, 6.07) is 4.02. The minimum absolute atomic E-state index is 0.272. The van der Waals surface area contributed by atoms with Gasteiger partial charge in [0.25, 0.3) is 0 Å². The molecule has 1 saturated heterocycles. The Bertz CT molecular complexity index is 1040. The maximum absolute atomic E-state index is 5.78. The molecule has 0 unspecified atom stereocenters. The zero-order valence-corrected chi connectivity index (χ0v) is 18.1. The van der Waals surface area contributed by atoms with Crippen LogP contribution in [0.3, 0.4) is 0 Å². The number of halogens is 1. The molecular formula is C19H20IN8O-. The van der Waals surface area contributed by atoms with Crippen LogP contribution in [-0.2, 0) is 9.49 Å². The molecule has 0 aliphatic carbocycles. The van der Waals surface area contributed by atoms with Gasteiger partial charge >= 0.3 is 179 Å². The van der Waals surface area contributed by atoms with Gasteiger partial charge in [-0.05, 0) is 0 Å². The van der Waals surface area contributed by atoms with Crippen LogP contribution in [0.2, 0.25) is 0 Å². The van der Waals surface area contributed by atoms with Crippen molar-refractivity contribution in [2.75, 3.05) is 39.8 Å². The van der Waals surface area contributed by atoms with Crippen LogP contribution in [0, 0.1) is 6.92 Å². The Kier molecular flexibility index (Phi) is 4.87. The molecule has 2 N–H and O–H groups in total. The normalized spacial score (nSPS) is 16.4. The first kappa shape index (κ1) is 18.4. The van der Waals surface area contributed by atoms with Crippen molar-refractivity contribution >= 4 is 23.4 Å². The summed E-state index contributed by atoms with van der Waals surface area (Å²) in [5, 5.41) is 0. The molecule has 3 aromatic rings.